The molecule has 0 aliphatic carbocycles. The highest BCUT2D eigenvalue weighted by Crippen LogP contribution is 2.16. The maximum atomic E-state index is 12.1. The normalized spacial score (nSPS) is 10.3. The van der Waals surface area contributed by atoms with Gasteiger partial charge in [0.2, 0.25) is 5.91 Å². The van der Waals surface area contributed by atoms with E-state index < -0.39 is 0 Å². The Morgan fingerprint density at radius 3 is 2.74 bits per heavy atom. The minimum absolute atomic E-state index is 0.0368. The number of nitrogens with zero attached hydrogens (tertiary/aromatic N) is 1. The quantitative estimate of drug-likeness (QED) is 0.776. The standard InChI is InChI=1S/C17H19ClN2O2S/c1-20(11-13-5-2-3-6-15(13)18)16(21)7-4-9-19-17(22)14-8-10-23-12-14/h2-3,5-6,8,10,12H,4,7,9,11H2,1H3,(H,19,22). The van der Waals surface area contributed by atoms with E-state index in [1.54, 1.807) is 23.4 Å². The maximum absolute atomic E-state index is 12.1. The Kier molecular flexibility index (Phi) is 6.62. The number of carbonyl (C=O) groups excluding carboxylic acids is 2. The Bertz CT molecular complexity index is 658. The van der Waals surface area contributed by atoms with E-state index in [-0.39, 0.29) is 11.8 Å². The van der Waals surface area contributed by atoms with Crippen LogP contribution in [0.1, 0.15) is 28.8 Å². The third-order valence-electron chi connectivity index (χ3n) is 3.43. The van der Waals surface area contributed by atoms with Crippen molar-refractivity contribution in [1.29, 1.82) is 0 Å². The van der Waals surface area contributed by atoms with Crippen molar-refractivity contribution in [2.24, 2.45) is 0 Å². The maximum Gasteiger partial charge on any atom is 0.252 e. The number of benzene rings is 1. The summed E-state index contributed by atoms with van der Waals surface area (Å²) in [5.74, 6) is -0.0576. The highest BCUT2D eigenvalue weighted by atomic mass is 35.5. The highest BCUT2D eigenvalue weighted by Gasteiger charge is 2.11. The second-order valence-electron chi connectivity index (χ2n) is 5.21. The molecule has 23 heavy (non-hydrogen) atoms. The smallest absolute Gasteiger partial charge is 0.252 e. The topological polar surface area (TPSA) is 49.4 Å². The third kappa shape index (κ3) is 5.37. The van der Waals surface area contributed by atoms with E-state index in [9.17, 15) is 9.59 Å². The third-order valence-corrected chi connectivity index (χ3v) is 4.48. The summed E-state index contributed by atoms with van der Waals surface area (Å²) < 4.78 is 0. The monoisotopic (exact) mass is 350 g/mol. The summed E-state index contributed by atoms with van der Waals surface area (Å²) in [6.45, 7) is 0.972. The molecule has 2 rings (SSSR count). The largest absolute Gasteiger partial charge is 0.352 e. The van der Waals surface area contributed by atoms with Gasteiger partial charge >= 0.3 is 0 Å². The van der Waals surface area contributed by atoms with E-state index in [0.29, 0.717) is 36.5 Å². The first-order valence-corrected chi connectivity index (χ1v) is 8.68. The molecular formula is C17H19ClN2O2S. The fourth-order valence-corrected chi connectivity index (χ4v) is 2.93. The van der Waals surface area contributed by atoms with Gasteiger partial charge in [-0.2, -0.15) is 11.3 Å². The van der Waals surface area contributed by atoms with Crippen LogP contribution >= 0.6 is 22.9 Å². The van der Waals surface area contributed by atoms with Crippen LogP contribution in [0.25, 0.3) is 0 Å². The van der Waals surface area contributed by atoms with Crippen molar-refractivity contribution in [1.82, 2.24) is 10.2 Å². The summed E-state index contributed by atoms with van der Waals surface area (Å²) >= 11 is 7.58. The number of halogens is 1. The fraction of sp³-hybridized carbons (Fsp3) is 0.294. The summed E-state index contributed by atoms with van der Waals surface area (Å²) in [6.07, 6.45) is 1.01. The van der Waals surface area contributed by atoms with E-state index in [4.69, 9.17) is 11.6 Å². The molecule has 0 spiro atoms. The average Bonchev–Trinajstić information content (AvgIpc) is 3.07. The Balaban J connectivity index is 1.70. The molecule has 0 saturated carbocycles. The zero-order valence-electron chi connectivity index (χ0n) is 12.9. The van der Waals surface area contributed by atoms with Crippen LogP contribution in [0.3, 0.4) is 0 Å². The first-order valence-electron chi connectivity index (χ1n) is 7.35. The molecule has 0 atom stereocenters. The van der Waals surface area contributed by atoms with E-state index in [0.717, 1.165) is 5.56 Å². The van der Waals surface area contributed by atoms with Crippen LogP contribution in [0.5, 0.6) is 0 Å². The van der Waals surface area contributed by atoms with Gasteiger partial charge in [0.1, 0.15) is 0 Å². The van der Waals surface area contributed by atoms with E-state index in [1.807, 2.05) is 29.6 Å². The lowest BCUT2D eigenvalue weighted by atomic mass is 10.2. The highest BCUT2D eigenvalue weighted by molar-refractivity contribution is 7.08. The molecular weight excluding hydrogens is 332 g/mol. The van der Waals surface area contributed by atoms with Gasteiger partial charge in [-0.15, -0.1) is 0 Å². The van der Waals surface area contributed by atoms with Crippen LogP contribution in [-0.4, -0.2) is 30.3 Å². The van der Waals surface area contributed by atoms with Crippen LogP contribution in [0.4, 0.5) is 0 Å². The lowest BCUT2D eigenvalue weighted by Crippen LogP contribution is -2.28. The van der Waals surface area contributed by atoms with Gasteiger partial charge in [0.25, 0.3) is 5.91 Å². The lowest BCUT2D eigenvalue weighted by Gasteiger charge is -2.18. The molecule has 0 aliphatic rings. The van der Waals surface area contributed by atoms with Crippen molar-refractivity contribution in [3.63, 3.8) is 0 Å². The second kappa shape index (κ2) is 8.70. The number of hydrogen-bond donors (Lipinski definition) is 1. The molecule has 0 bridgehead atoms. The summed E-state index contributed by atoms with van der Waals surface area (Å²) in [4.78, 5) is 25.5. The molecule has 0 unspecified atom stereocenters. The van der Waals surface area contributed by atoms with Gasteiger partial charge in [0.15, 0.2) is 0 Å². The molecule has 1 N–H and O–H groups in total. The first-order chi connectivity index (χ1) is 11.1. The summed E-state index contributed by atoms with van der Waals surface area (Å²) in [6, 6.07) is 9.27. The minimum atomic E-state index is -0.0943. The van der Waals surface area contributed by atoms with Gasteiger partial charge in [-0.1, -0.05) is 29.8 Å². The van der Waals surface area contributed by atoms with E-state index in [1.165, 1.54) is 11.3 Å². The number of carbonyl (C=O) groups is 2. The van der Waals surface area contributed by atoms with Gasteiger partial charge in [0.05, 0.1) is 0 Å². The molecule has 0 fully saturated rings. The van der Waals surface area contributed by atoms with Crippen LogP contribution in [0.15, 0.2) is 41.1 Å². The van der Waals surface area contributed by atoms with E-state index >= 15 is 0 Å². The van der Waals surface area contributed by atoms with Crippen molar-refractivity contribution in [2.45, 2.75) is 19.4 Å². The Hall–Kier alpha value is -1.85. The van der Waals surface area contributed by atoms with Crippen molar-refractivity contribution in [2.75, 3.05) is 13.6 Å². The number of rotatable bonds is 7. The molecule has 1 aromatic carbocycles. The van der Waals surface area contributed by atoms with Crippen molar-refractivity contribution in [3.05, 3.63) is 57.2 Å². The van der Waals surface area contributed by atoms with Gasteiger partial charge in [-0.05, 0) is 29.5 Å². The van der Waals surface area contributed by atoms with Crippen molar-refractivity contribution in [3.8, 4) is 0 Å². The van der Waals surface area contributed by atoms with Crippen molar-refractivity contribution >= 4 is 34.8 Å². The molecule has 6 heteroatoms. The second-order valence-corrected chi connectivity index (χ2v) is 6.40. The predicted octanol–water partition coefficient (Wildman–Crippen LogP) is 3.57. The summed E-state index contributed by atoms with van der Waals surface area (Å²) in [5, 5.41) is 7.14. The Labute approximate surface area is 145 Å². The Morgan fingerprint density at radius 1 is 1.26 bits per heavy atom. The van der Waals surface area contributed by atoms with Crippen LogP contribution in [0, 0.1) is 0 Å². The van der Waals surface area contributed by atoms with Crippen LogP contribution in [0.2, 0.25) is 5.02 Å². The van der Waals surface area contributed by atoms with E-state index in [2.05, 4.69) is 5.32 Å². The van der Waals surface area contributed by atoms with Crippen molar-refractivity contribution < 1.29 is 9.59 Å². The SMILES string of the molecule is CN(Cc1ccccc1Cl)C(=O)CCCNC(=O)c1ccsc1. The number of amides is 2. The van der Waals surface area contributed by atoms with Crippen LogP contribution in [-0.2, 0) is 11.3 Å². The zero-order chi connectivity index (χ0) is 16.7. The van der Waals surface area contributed by atoms with Gasteiger partial charge in [0, 0.05) is 42.5 Å². The van der Waals surface area contributed by atoms with Gasteiger partial charge in [-0.3, -0.25) is 9.59 Å². The number of thiophene rings is 1. The molecule has 0 saturated heterocycles. The minimum Gasteiger partial charge on any atom is -0.352 e. The average molecular weight is 351 g/mol. The number of hydrogen-bond acceptors (Lipinski definition) is 3. The van der Waals surface area contributed by atoms with Gasteiger partial charge in [-0.25, -0.2) is 0 Å². The molecule has 1 aromatic heterocycles. The predicted molar refractivity (Wildman–Crippen MR) is 93.8 cm³/mol. The molecule has 1 heterocycles. The summed E-state index contributed by atoms with van der Waals surface area (Å²) in [5.41, 5.74) is 1.59. The molecule has 0 aliphatic heterocycles. The molecule has 0 radical (unpaired) electrons. The van der Waals surface area contributed by atoms with Gasteiger partial charge < -0.3 is 10.2 Å². The lowest BCUT2D eigenvalue weighted by molar-refractivity contribution is -0.130. The molecule has 2 amide bonds. The summed E-state index contributed by atoms with van der Waals surface area (Å²) in [7, 11) is 1.76. The number of nitrogens with one attached hydrogen (secondary N) is 1. The first kappa shape index (κ1) is 17.5. The van der Waals surface area contributed by atoms with Crippen LogP contribution < -0.4 is 5.32 Å². The molecule has 2 aromatic rings. The fourth-order valence-electron chi connectivity index (χ4n) is 2.10. The Morgan fingerprint density at radius 2 is 2.04 bits per heavy atom. The molecule has 4 nitrogen and oxygen atoms in total. The molecule has 122 valence electrons. The zero-order valence-corrected chi connectivity index (χ0v) is 14.5.